The summed E-state index contributed by atoms with van der Waals surface area (Å²) in [5.74, 6) is -0.877. The van der Waals surface area contributed by atoms with Gasteiger partial charge in [-0.3, -0.25) is 4.98 Å². The van der Waals surface area contributed by atoms with Crippen molar-refractivity contribution in [2.45, 2.75) is 26.3 Å². The number of aromatic carboxylic acids is 1. The van der Waals surface area contributed by atoms with Crippen LogP contribution in [-0.2, 0) is 6.54 Å². The first-order chi connectivity index (χ1) is 12.7. The topological polar surface area (TPSA) is 72.9 Å². The van der Waals surface area contributed by atoms with Crippen molar-refractivity contribution in [3.05, 3.63) is 54.1 Å². The number of fused-ring (bicyclic) bond motifs is 1. The highest BCUT2D eigenvalue weighted by Gasteiger charge is 2.17. The molecule has 4 aromatic rings. The van der Waals surface area contributed by atoms with Crippen LogP contribution in [-0.4, -0.2) is 30.2 Å². The number of thiophene rings is 1. The van der Waals surface area contributed by atoms with E-state index in [9.17, 15) is 9.90 Å². The summed E-state index contributed by atoms with van der Waals surface area (Å²) >= 11 is 1.31. The fourth-order valence-electron chi connectivity index (χ4n) is 3.02. The number of pyridine rings is 1. The number of hydrogen-bond donors (Lipinski definition) is 1. The molecule has 0 saturated heterocycles. The van der Waals surface area contributed by atoms with Gasteiger partial charge in [-0.2, -0.15) is 0 Å². The third-order valence-corrected chi connectivity index (χ3v) is 5.41. The molecule has 4 heterocycles. The van der Waals surface area contributed by atoms with E-state index in [1.165, 1.54) is 11.3 Å². The van der Waals surface area contributed by atoms with Crippen molar-refractivity contribution in [1.82, 2.24) is 19.1 Å². The van der Waals surface area contributed by atoms with Crippen molar-refractivity contribution >= 4 is 27.5 Å². The van der Waals surface area contributed by atoms with Crippen LogP contribution >= 0.6 is 11.3 Å². The number of nitrogens with zero attached hydrogens (tertiary/aromatic N) is 4. The highest BCUT2D eigenvalue weighted by Crippen LogP contribution is 2.33. The zero-order valence-corrected chi connectivity index (χ0v) is 15.1. The lowest BCUT2D eigenvalue weighted by molar-refractivity contribution is 0.0702. The minimum absolute atomic E-state index is 0.371. The highest BCUT2D eigenvalue weighted by molar-refractivity contribution is 7.20. The smallest absolute Gasteiger partial charge is 0.345 e. The number of imidazole rings is 1. The van der Waals surface area contributed by atoms with Crippen LogP contribution in [0.3, 0.4) is 0 Å². The predicted octanol–water partition coefficient (Wildman–Crippen LogP) is 4.45. The van der Waals surface area contributed by atoms with Crippen LogP contribution in [0.2, 0.25) is 0 Å². The van der Waals surface area contributed by atoms with Gasteiger partial charge in [-0.15, -0.1) is 11.3 Å². The summed E-state index contributed by atoms with van der Waals surface area (Å²) in [6, 6.07) is 7.81. The van der Waals surface area contributed by atoms with Gasteiger partial charge in [-0.05, 0) is 30.7 Å². The van der Waals surface area contributed by atoms with Crippen LogP contribution in [0.25, 0.3) is 27.3 Å². The van der Waals surface area contributed by atoms with Gasteiger partial charge in [-0.25, -0.2) is 9.78 Å². The van der Waals surface area contributed by atoms with Gasteiger partial charge in [0.15, 0.2) is 0 Å². The molecule has 26 heavy (non-hydrogen) atoms. The Morgan fingerprint density at radius 3 is 2.85 bits per heavy atom. The van der Waals surface area contributed by atoms with E-state index in [0.717, 1.165) is 46.7 Å². The van der Waals surface area contributed by atoms with E-state index in [1.807, 2.05) is 35.2 Å². The molecule has 0 saturated carbocycles. The van der Waals surface area contributed by atoms with Crippen molar-refractivity contribution in [1.29, 1.82) is 0 Å². The number of carboxylic acid groups (broad SMARTS) is 1. The minimum Gasteiger partial charge on any atom is -0.477 e. The van der Waals surface area contributed by atoms with Gasteiger partial charge in [0.25, 0.3) is 0 Å². The maximum atomic E-state index is 11.3. The second-order valence-electron chi connectivity index (χ2n) is 6.07. The molecule has 4 rings (SSSR count). The Hall–Kier alpha value is -2.93. The molecule has 0 atom stereocenters. The third kappa shape index (κ3) is 2.90. The second kappa shape index (κ2) is 6.76. The monoisotopic (exact) mass is 366 g/mol. The van der Waals surface area contributed by atoms with Gasteiger partial charge in [-0.1, -0.05) is 13.3 Å². The molecule has 0 aliphatic rings. The number of carbonyl (C=O) groups is 1. The highest BCUT2D eigenvalue weighted by atomic mass is 32.1. The maximum absolute atomic E-state index is 11.3. The number of aryl methyl sites for hydroxylation is 1. The predicted molar refractivity (Wildman–Crippen MR) is 102 cm³/mol. The summed E-state index contributed by atoms with van der Waals surface area (Å²) in [7, 11) is 0. The lowest BCUT2D eigenvalue weighted by Crippen LogP contribution is -2.01. The number of hydrogen-bond acceptors (Lipinski definition) is 4. The number of aromatic nitrogens is 4. The quantitative estimate of drug-likeness (QED) is 0.547. The van der Waals surface area contributed by atoms with Gasteiger partial charge in [0.1, 0.15) is 4.88 Å². The lowest BCUT2D eigenvalue weighted by atomic mass is 10.2. The van der Waals surface area contributed by atoms with E-state index in [1.54, 1.807) is 18.6 Å². The Morgan fingerprint density at radius 2 is 2.19 bits per heavy atom. The Morgan fingerprint density at radius 1 is 1.31 bits per heavy atom. The molecule has 0 radical (unpaired) electrons. The molecule has 132 valence electrons. The van der Waals surface area contributed by atoms with Gasteiger partial charge in [0, 0.05) is 18.9 Å². The van der Waals surface area contributed by atoms with Crippen molar-refractivity contribution in [3.8, 4) is 17.1 Å². The Balaban J connectivity index is 1.77. The Kier molecular flexibility index (Phi) is 4.30. The van der Waals surface area contributed by atoms with Gasteiger partial charge >= 0.3 is 5.97 Å². The Bertz CT molecular complexity index is 1050. The van der Waals surface area contributed by atoms with Crippen molar-refractivity contribution in [2.75, 3.05) is 0 Å². The normalized spacial score (nSPS) is 11.3. The molecule has 0 aliphatic carbocycles. The van der Waals surface area contributed by atoms with E-state index in [4.69, 9.17) is 0 Å². The zero-order valence-electron chi connectivity index (χ0n) is 14.3. The maximum Gasteiger partial charge on any atom is 0.345 e. The van der Waals surface area contributed by atoms with Crippen LogP contribution in [0.5, 0.6) is 0 Å². The average Bonchev–Trinajstić information content (AvgIpc) is 3.36. The summed E-state index contributed by atoms with van der Waals surface area (Å²) in [4.78, 5) is 20.3. The molecule has 0 bridgehead atoms. The summed E-state index contributed by atoms with van der Waals surface area (Å²) in [6.45, 7) is 2.99. The Labute approximate surface area is 154 Å². The largest absolute Gasteiger partial charge is 0.477 e. The van der Waals surface area contributed by atoms with E-state index in [2.05, 4.69) is 21.5 Å². The van der Waals surface area contributed by atoms with E-state index < -0.39 is 5.97 Å². The summed E-state index contributed by atoms with van der Waals surface area (Å²) in [5.41, 5.74) is 3.82. The standard InChI is InChI=1S/C19H18N4O2S/c1-2-3-7-23-15(9-17-16(23)10-18(26-17)19(24)25)14-5-4-13(11-21-14)22-8-6-20-12-22/h4-6,8-12H,2-3,7H2,1H3,(H,24,25). The lowest BCUT2D eigenvalue weighted by Gasteiger charge is -2.10. The molecular weight excluding hydrogens is 348 g/mol. The first-order valence-electron chi connectivity index (χ1n) is 8.48. The second-order valence-corrected chi connectivity index (χ2v) is 7.16. The fourth-order valence-corrected chi connectivity index (χ4v) is 3.96. The molecule has 0 amide bonds. The molecule has 1 N–H and O–H groups in total. The molecule has 0 aliphatic heterocycles. The molecule has 6 nitrogen and oxygen atoms in total. The molecule has 4 aromatic heterocycles. The molecule has 7 heteroatoms. The SMILES string of the molecule is CCCCn1c(-c2ccc(-n3ccnc3)cn2)cc2sc(C(=O)O)cc21. The molecule has 0 spiro atoms. The first kappa shape index (κ1) is 16.5. The van der Waals surface area contributed by atoms with E-state index in [0.29, 0.717) is 4.88 Å². The van der Waals surface area contributed by atoms with Crippen LogP contribution in [0.4, 0.5) is 0 Å². The summed E-state index contributed by atoms with van der Waals surface area (Å²) in [5, 5.41) is 9.26. The van der Waals surface area contributed by atoms with Crippen molar-refractivity contribution < 1.29 is 9.90 Å². The number of carboxylic acids is 1. The molecule has 0 unspecified atom stereocenters. The average molecular weight is 366 g/mol. The van der Waals surface area contributed by atoms with Gasteiger partial charge in [0.05, 0.1) is 39.8 Å². The molecule has 0 aromatic carbocycles. The van der Waals surface area contributed by atoms with Gasteiger partial charge < -0.3 is 14.2 Å². The van der Waals surface area contributed by atoms with Gasteiger partial charge in [0.2, 0.25) is 0 Å². The van der Waals surface area contributed by atoms with Crippen LogP contribution in [0, 0.1) is 0 Å². The van der Waals surface area contributed by atoms with Crippen LogP contribution in [0.15, 0.2) is 49.2 Å². The van der Waals surface area contributed by atoms with E-state index in [-0.39, 0.29) is 0 Å². The van der Waals surface area contributed by atoms with E-state index >= 15 is 0 Å². The summed E-state index contributed by atoms with van der Waals surface area (Å²) in [6.07, 6.45) is 9.28. The fraction of sp³-hybridized carbons (Fsp3) is 0.211. The summed E-state index contributed by atoms with van der Waals surface area (Å²) < 4.78 is 5.07. The molecular formula is C19H18N4O2S. The van der Waals surface area contributed by atoms with Crippen molar-refractivity contribution in [2.24, 2.45) is 0 Å². The first-order valence-corrected chi connectivity index (χ1v) is 9.30. The number of rotatable bonds is 6. The van der Waals surface area contributed by atoms with Crippen LogP contribution < -0.4 is 0 Å². The van der Waals surface area contributed by atoms with Crippen LogP contribution in [0.1, 0.15) is 29.4 Å². The minimum atomic E-state index is -0.877. The number of unbranched alkanes of at least 4 members (excludes halogenated alkanes) is 1. The zero-order chi connectivity index (χ0) is 18.1. The van der Waals surface area contributed by atoms with Crippen molar-refractivity contribution in [3.63, 3.8) is 0 Å². The molecule has 0 fully saturated rings. The third-order valence-electron chi connectivity index (χ3n) is 4.35.